The molecule has 1 saturated heterocycles. The van der Waals surface area contributed by atoms with Crippen LogP contribution in [0.1, 0.15) is 34.2 Å². The summed E-state index contributed by atoms with van der Waals surface area (Å²) in [6.45, 7) is 9.79. The number of piperazine rings is 1. The molecule has 0 bridgehead atoms. The number of nitrogens with one attached hydrogen (secondary N) is 1. The Morgan fingerprint density at radius 3 is 2.50 bits per heavy atom. The standard InChI is InChI=1S/C19H26N4O/c1-5-16-18(19(24)22-12-10-21(4)11-13-22)15(3)20-23(16)17-9-7-6-8-14(17)2/h6-9H,5,10-13H2,1-4H3/p+1. The van der Waals surface area contributed by atoms with Gasteiger partial charge in [-0.2, -0.15) is 5.10 Å². The minimum absolute atomic E-state index is 0.136. The molecule has 1 aliphatic rings. The Morgan fingerprint density at radius 2 is 1.88 bits per heavy atom. The summed E-state index contributed by atoms with van der Waals surface area (Å²) in [7, 11) is 2.18. The maximum Gasteiger partial charge on any atom is 0.258 e. The third-order valence-electron chi connectivity index (χ3n) is 4.95. The number of para-hydroxylation sites is 1. The lowest BCUT2D eigenvalue weighted by Crippen LogP contribution is -3.12. The number of carbonyl (C=O) groups excluding carboxylic acids is 1. The normalized spacial score (nSPS) is 15.8. The lowest BCUT2D eigenvalue weighted by molar-refractivity contribution is -0.883. The molecule has 0 saturated carbocycles. The molecule has 5 nitrogen and oxygen atoms in total. The Labute approximate surface area is 143 Å². The smallest absolute Gasteiger partial charge is 0.258 e. The van der Waals surface area contributed by atoms with Crippen LogP contribution in [0.2, 0.25) is 0 Å². The van der Waals surface area contributed by atoms with Crippen molar-refractivity contribution >= 4 is 5.91 Å². The number of aromatic nitrogens is 2. The zero-order valence-electron chi connectivity index (χ0n) is 15.1. The summed E-state index contributed by atoms with van der Waals surface area (Å²) in [5.41, 5.74) is 4.85. The molecule has 1 aliphatic heterocycles. The highest BCUT2D eigenvalue weighted by Crippen LogP contribution is 2.23. The van der Waals surface area contributed by atoms with Crippen LogP contribution in [0.15, 0.2) is 24.3 Å². The minimum Gasteiger partial charge on any atom is -0.334 e. The lowest BCUT2D eigenvalue weighted by atomic mass is 10.1. The van der Waals surface area contributed by atoms with Crippen molar-refractivity contribution in [3.8, 4) is 5.69 Å². The molecule has 1 aromatic heterocycles. The zero-order valence-corrected chi connectivity index (χ0v) is 15.1. The van der Waals surface area contributed by atoms with E-state index in [4.69, 9.17) is 5.10 Å². The fraction of sp³-hybridized carbons (Fsp3) is 0.474. The quantitative estimate of drug-likeness (QED) is 0.915. The molecule has 2 heterocycles. The van der Waals surface area contributed by atoms with Gasteiger partial charge in [-0.15, -0.1) is 0 Å². The summed E-state index contributed by atoms with van der Waals surface area (Å²) < 4.78 is 1.96. The Kier molecular flexibility index (Phi) is 4.71. The largest absolute Gasteiger partial charge is 0.334 e. The van der Waals surface area contributed by atoms with Crippen molar-refractivity contribution in [1.82, 2.24) is 14.7 Å². The van der Waals surface area contributed by atoms with Crippen LogP contribution in [0.25, 0.3) is 5.69 Å². The van der Waals surface area contributed by atoms with E-state index in [1.807, 2.05) is 28.6 Å². The second-order valence-electron chi connectivity index (χ2n) is 6.71. The third kappa shape index (κ3) is 2.96. The highest BCUT2D eigenvalue weighted by atomic mass is 16.2. The molecular formula is C19H27N4O+. The fourth-order valence-corrected chi connectivity index (χ4v) is 3.43. The molecule has 0 spiro atoms. The molecule has 128 valence electrons. The minimum atomic E-state index is 0.136. The monoisotopic (exact) mass is 327 g/mol. The van der Waals surface area contributed by atoms with Crippen molar-refractivity contribution in [3.05, 3.63) is 46.8 Å². The second kappa shape index (κ2) is 6.77. The van der Waals surface area contributed by atoms with Gasteiger partial charge in [-0.05, 0) is 31.9 Å². The van der Waals surface area contributed by atoms with E-state index in [-0.39, 0.29) is 5.91 Å². The highest BCUT2D eigenvalue weighted by molar-refractivity contribution is 5.96. The van der Waals surface area contributed by atoms with Crippen molar-refractivity contribution in [2.24, 2.45) is 0 Å². The summed E-state index contributed by atoms with van der Waals surface area (Å²) in [5.74, 6) is 0.136. The van der Waals surface area contributed by atoms with Gasteiger partial charge in [-0.3, -0.25) is 4.79 Å². The third-order valence-corrected chi connectivity index (χ3v) is 4.95. The first-order valence-corrected chi connectivity index (χ1v) is 8.78. The number of aryl methyl sites for hydroxylation is 2. The summed E-state index contributed by atoms with van der Waals surface area (Å²) in [5, 5.41) is 4.71. The molecule has 0 radical (unpaired) electrons. The van der Waals surface area contributed by atoms with E-state index in [0.717, 1.165) is 60.8 Å². The van der Waals surface area contributed by atoms with Gasteiger partial charge in [0, 0.05) is 0 Å². The first kappa shape index (κ1) is 16.7. The number of quaternary nitrogens is 1. The first-order chi connectivity index (χ1) is 11.5. The van der Waals surface area contributed by atoms with Crippen LogP contribution in [0.4, 0.5) is 0 Å². The summed E-state index contributed by atoms with van der Waals surface area (Å²) in [6.07, 6.45) is 0.787. The molecule has 24 heavy (non-hydrogen) atoms. The molecular weight excluding hydrogens is 300 g/mol. The summed E-state index contributed by atoms with van der Waals surface area (Å²) in [4.78, 5) is 16.6. The molecule has 3 rings (SSSR count). The van der Waals surface area contributed by atoms with Crippen LogP contribution in [0.5, 0.6) is 0 Å². The van der Waals surface area contributed by atoms with E-state index in [9.17, 15) is 4.79 Å². The van der Waals surface area contributed by atoms with Gasteiger partial charge < -0.3 is 9.80 Å². The van der Waals surface area contributed by atoms with Gasteiger partial charge in [-0.1, -0.05) is 25.1 Å². The van der Waals surface area contributed by atoms with Crippen molar-refractivity contribution in [2.45, 2.75) is 27.2 Å². The Balaban J connectivity index is 2.00. The molecule has 1 fully saturated rings. The molecule has 5 heteroatoms. The maximum absolute atomic E-state index is 13.1. The van der Waals surface area contributed by atoms with Crippen LogP contribution in [-0.4, -0.2) is 53.8 Å². The average molecular weight is 327 g/mol. The highest BCUT2D eigenvalue weighted by Gasteiger charge is 2.28. The molecule has 1 amide bonds. The van der Waals surface area contributed by atoms with Crippen LogP contribution in [0.3, 0.4) is 0 Å². The second-order valence-corrected chi connectivity index (χ2v) is 6.71. The molecule has 2 aromatic rings. The van der Waals surface area contributed by atoms with Gasteiger partial charge in [-0.25, -0.2) is 4.68 Å². The van der Waals surface area contributed by atoms with E-state index in [1.54, 1.807) is 0 Å². The van der Waals surface area contributed by atoms with E-state index >= 15 is 0 Å². The molecule has 0 aliphatic carbocycles. The number of hydrogen-bond donors (Lipinski definition) is 1. The number of amides is 1. The topological polar surface area (TPSA) is 42.6 Å². The first-order valence-electron chi connectivity index (χ1n) is 8.78. The van der Waals surface area contributed by atoms with E-state index in [1.165, 1.54) is 4.90 Å². The van der Waals surface area contributed by atoms with Crippen molar-refractivity contribution in [3.63, 3.8) is 0 Å². The van der Waals surface area contributed by atoms with Crippen LogP contribution in [0, 0.1) is 13.8 Å². The van der Waals surface area contributed by atoms with Crippen LogP contribution < -0.4 is 4.90 Å². The number of rotatable bonds is 3. The Morgan fingerprint density at radius 1 is 1.21 bits per heavy atom. The number of hydrogen-bond acceptors (Lipinski definition) is 2. The average Bonchev–Trinajstić information content (AvgIpc) is 2.91. The number of carbonyl (C=O) groups is 1. The van der Waals surface area contributed by atoms with Gasteiger partial charge in [0.15, 0.2) is 0 Å². The Bertz CT molecular complexity index is 742. The van der Waals surface area contributed by atoms with E-state index < -0.39 is 0 Å². The SMILES string of the molecule is CCc1c(C(=O)N2CC[NH+](C)CC2)c(C)nn1-c1ccccc1C. The lowest BCUT2D eigenvalue weighted by Gasteiger charge is -2.30. The fourth-order valence-electron chi connectivity index (χ4n) is 3.43. The molecule has 0 atom stereocenters. The zero-order chi connectivity index (χ0) is 17.3. The van der Waals surface area contributed by atoms with Gasteiger partial charge in [0.05, 0.1) is 55.9 Å². The number of likely N-dealkylation sites (N-methyl/N-ethyl adjacent to an activating group) is 1. The van der Waals surface area contributed by atoms with Crippen molar-refractivity contribution in [2.75, 3.05) is 33.2 Å². The summed E-state index contributed by atoms with van der Waals surface area (Å²) >= 11 is 0. The van der Waals surface area contributed by atoms with E-state index in [0.29, 0.717) is 0 Å². The predicted molar refractivity (Wildman–Crippen MR) is 94.9 cm³/mol. The Hall–Kier alpha value is -2.14. The molecule has 1 aromatic carbocycles. The van der Waals surface area contributed by atoms with Gasteiger partial charge in [0.1, 0.15) is 0 Å². The van der Waals surface area contributed by atoms with Gasteiger partial charge in [0.2, 0.25) is 0 Å². The van der Waals surface area contributed by atoms with Crippen molar-refractivity contribution < 1.29 is 9.69 Å². The number of benzene rings is 1. The molecule has 1 N–H and O–H groups in total. The van der Waals surface area contributed by atoms with Crippen LogP contribution >= 0.6 is 0 Å². The van der Waals surface area contributed by atoms with Crippen LogP contribution in [-0.2, 0) is 6.42 Å². The van der Waals surface area contributed by atoms with Crippen molar-refractivity contribution in [1.29, 1.82) is 0 Å². The predicted octanol–water partition coefficient (Wildman–Crippen LogP) is 1.02. The van der Waals surface area contributed by atoms with Gasteiger partial charge in [0.25, 0.3) is 5.91 Å². The van der Waals surface area contributed by atoms with Gasteiger partial charge >= 0.3 is 0 Å². The summed E-state index contributed by atoms with van der Waals surface area (Å²) in [6, 6.07) is 8.19. The van der Waals surface area contributed by atoms with E-state index in [2.05, 4.69) is 33.0 Å². The molecule has 0 unspecified atom stereocenters. The number of nitrogens with zero attached hydrogens (tertiary/aromatic N) is 3. The maximum atomic E-state index is 13.1.